The van der Waals surface area contributed by atoms with E-state index in [1.807, 2.05) is 48.5 Å². The molecule has 34 heavy (non-hydrogen) atoms. The quantitative estimate of drug-likeness (QED) is 0.273. The van der Waals surface area contributed by atoms with E-state index in [-0.39, 0.29) is 18.0 Å². The largest absolute Gasteiger partial charge is 0.490 e. The van der Waals surface area contributed by atoms with Gasteiger partial charge in [0, 0.05) is 24.2 Å². The normalized spacial score (nSPS) is 10.3. The second-order valence-electron chi connectivity index (χ2n) is 7.36. The van der Waals surface area contributed by atoms with Crippen molar-refractivity contribution in [2.45, 2.75) is 13.3 Å². The van der Waals surface area contributed by atoms with Gasteiger partial charge >= 0.3 is 11.7 Å². The lowest BCUT2D eigenvalue weighted by Crippen LogP contribution is -2.24. The summed E-state index contributed by atoms with van der Waals surface area (Å²) in [4.78, 5) is 34.8. The second kappa shape index (κ2) is 11.5. The Morgan fingerprint density at radius 2 is 1.68 bits per heavy atom. The van der Waals surface area contributed by atoms with Crippen LogP contribution in [-0.2, 0) is 20.7 Å². The lowest BCUT2D eigenvalue weighted by atomic mass is 10.0. The lowest BCUT2D eigenvalue weighted by molar-refractivity contribution is -0.385. The number of benzene rings is 3. The van der Waals surface area contributed by atoms with E-state index >= 15 is 0 Å². The molecule has 0 aromatic heterocycles. The highest BCUT2D eigenvalue weighted by Crippen LogP contribution is 2.32. The molecule has 0 unspecified atom stereocenters. The summed E-state index contributed by atoms with van der Waals surface area (Å²) < 4.78 is 15.6. The van der Waals surface area contributed by atoms with E-state index in [9.17, 15) is 19.7 Å². The number of nitrogens with zero attached hydrogens (tertiary/aromatic N) is 1. The van der Waals surface area contributed by atoms with Crippen molar-refractivity contribution in [3.63, 3.8) is 0 Å². The van der Waals surface area contributed by atoms with Crippen LogP contribution in [0.15, 0.2) is 66.7 Å². The molecule has 0 atom stereocenters. The first-order valence-corrected chi connectivity index (χ1v) is 10.4. The van der Waals surface area contributed by atoms with Gasteiger partial charge in [-0.05, 0) is 29.7 Å². The molecule has 0 saturated heterocycles. The van der Waals surface area contributed by atoms with E-state index in [2.05, 4.69) is 5.32 Å². The summed E-state index contributed by atoms with van der Waals surface area (Å²) >= 11 is 0. The second-order valence-corrected chi connectivity index (χ2v) is 7.36. The number of nitrogens with one attached hydrogen (secondary N) is 1. The molecule has 0 heterocycles. The number of aryl methyl sites for hydroxylation is 1. The van der Waals surface area contributed by atoms with Gasteiger partial charge in [-0.1, -0.05) is 48.5 Å². The van der Waals surface area contributed by atoms with E-state index in [4.69, 9.17) is 14.2 Å². The van der Waals surface area contributed by atoms with E-state index < -0.39 is 23.4 Å². The van der Waals surface area contributed by atoms with Crippen molar-refractivity contribution < 1.29 is 28.7 Å². The van der Waals surface area contributed by atoms with Crippen LogP contribution in [0, 0.1) is 17.0 Å². The number of nitro groups is 1. The number of ether oxygens (including phenoxy) is 3. The van der Waals surface area contributed by atoms with E-state index in [1.54, 1.807) is 13.0 Å². The number of amides is 1. The van der Waals surface area contributed by atoms with Gasteiger partial charge in [0.15, 0.2) is 19.0 Å². The molecule has 0 aliphatic heterocycles. The van der Waals surface area contributed by atoms with Crippen molar-refractivity contribution in [1.82, 2.24) is 0 Å². The van der Waals surface area contributed by atoms with Crippen molar-refractivity contribution in [2.75, 3.05) is 25.6 Å². The number of hydrogen-bond acceptors (Lipinski definition) is 7. The Labute approximate surface area is 196 Å². The van der Waals surface area contributed by atoms with Crippen molar-refractivity contribution in [1.29, 1.82) is 0 Å². The van der Waals surface area contributed by atoms with Crippen molar-refractivity contribution >= 4 is 23.3 Å². The van der Waals surface area contributed by atoms with Gasteiger partial charge in [-0.2, -0.15) is 0 Å². The zero-order chi connectivity index (χ0) is 24.5. The maximum Gasteiger partial charge on any atom is 0.344 e. The van der Waals surface area contributed by atoms with Crippen LogP contribution < -0.4 is 14.8 Å². The minimum absolute atomic E-state index is 0.00506. The highest BCUT2D eigenvalue weighted by molar-refractivity contribution is 5.94. The summed E-state index contributed by atoms with van der Waals surface area (Å²) in [5.74, 6) is -0.744. The maximum absolute atomic E-state index is 12.2. The van der Waals surface area contributed by atoms with Gasteiger partial charge in [0.2, 0.25) is 0 Å². The van der Waals surface area contributed by atoms with Crippen LogP contribution in [0.5, 0.6) is 11.5 Å². The molecule has 0 fully saturated rings. The molecular weight excluding hydrogens is 440 g/mol. The molecule has 1 amide bonds. The van der Waals surface area contributed by atoms with Gasteiger partial charge in [0.1, 0.15) is 5.75 Å². The molecule has 176 valence electrons. The van der Waals surface area contributed by atoms with Crippen LogP contribution >= 0.6 is 0 Å². The number of nitro benzene ring substituents is 1. The Balaban J connectivity index is 1.52. The highest BCUT2D eigenvalue weighted by Gasteiger charge is 2.19. The number of rotatable bonds is 10. The van der Waals surface area contributed by atoms with Gasteiger partial charge in [-0.3, -0.25) is 14.9 Å². The van der Waals surface area contributed by atoms with Crippen LogP contribution in [0.25, 0.3) is 0 Å². The SMILES string of the molecule is COc1cc(NC(=O)COC(=O)COc2ccccc2Cc2ccccc2)c(C)cc1[N+](=O)[O-]. The van der Waals surface area contributed by atoms with Crippen molar-refractivity contribution in [3.05, 3.63) is 93.5 Å². The first-order chi connectivity index (χ1) is 16.4. The predicted molar refractivity (Wildman–Crippen MR) is 125 cm³/mol. The Hall–Kier alpha value is -4.40. The average molecular weight is 464 g/mol. The molecule has 0 spiro atoms. The molecule has 1 N–H and O–H groups in total. The highest BCUT2D eigenvalue weighted by atomic mass is 16.6. The number of anilines is 1. The zero-order valence-electron chi connectivity index (χ0n) is 18.8. The number of hydrogen-bond donors (Lipinski definition) is 1. The predicted octanol–water partition coefficient (Wildman–Crippen LogP) is 4.06. The molecule has 0 aliphatic carbocycles. The molecule has 0 aliphatic rings. The summed E-state index contributed by atoms with van der Waals surface area (Å²) in [6, 6.07) is 19.9. The third kappa shape index (κ3) is 6.55. The van der Waals surface area contributed by atoms with Gasteiger partial charge in [-0.25, -0.2) is 4.79 Å². The van der Waals surface area contributed by atoms with Crippen LogP contribution in [0.4, 0.5) is 11.4 Å². The first kappa shape index (κ1) is 24.2. The van der Waals surface area contributed by atoms with Gasteiger partial charge in [0.05, 0.1) is 12.0 Å². The monoisotopic (exact) mass is 464 g/mol. The topological polar surface area (TPSA) is 117 Å². The standard InChI is InChI=1S/C25H24N2O7/c1-17-12-21(27(30)31)23(32-2)14-20(17)26-24(28)15-34-25(29)16-33-22-11-7-6-10-19(22)13-18-8-4-3-5-9-18/h3-12,14H,13,15-16H2,1-2H3,(H,26,28). The average Bonchev–Trinajstić information content (AvgIpc) is 2.83. The Morgan fingerprint density at radius 1 is 0.971 bits per heavy atom. The molecular formula is C25H24N2O7. The Bertz CT molecular complexity index is 1180. The molecule has 3 aromatic rings. The van der Waals surface area contributed by atoms with Gasteiger partial charge in [-0.15, -0.1) is 0 Å². The first-order valence-electron chi connectivity index (χ1n) is 10.4. The minimum Gasteiger partial charge on any atom is -0.490 e. The fraction of sp³-hybridized carbons (Fsp3) is 0.200. The third-order valence-electron chi connectivity index (χ3n) is 4.92. The van der Waals surface area contributed by atoms with Crippen LogP contribution in [0.3, 0.4) is 0 Å². The van der Waals surface area contributed by atoms with E-state index in [0.717, 1.165) is 11.1 Å². The smallest absolute Gasteiger partial charge is 0.344 e. The molecule has 9 heteroatoms. The van der Waals surface area contributed by atoms with Crippen molar-refractivity contribution in [2.24, 2.45) is 0 Å². The van der Waals surface area contributed by atoms with E-state index in [0.29, 0.717) is 23.4 Å². The Kier molecular flexibility index (Phi) is 8.17. The summed E-state index contributed by atoms with van der Waals surface area (Å²) in [7, 11) is 1.29. The minimum atomic E-state index is -0.706. The van der Waals surface area contributed by atoms with Crippen molar-refractivity contribution in [3.8, 4) is 11.5 Å². The third-order valence-corrected chi connectivity index (χ3v) is 4.92. The van der Waals surface area contributed by atoms with Crippen LogP contribution in [0.1, 0.15) is 16.7 Å². The summed E-state index contributed by atoms with van der Waals surface area (Å²) in [6.07, 6.45) is 0.645. The number of methoxy groups -OCH3 is 1. The summed E-state index contributed by atoms with van der Waals surface area (Å²) in [5, 5.41) is 13.6. The molecule has 0 radical (unpaired) electrons. The van der Waals surface area contributed by atoms with Gasteiger partial charge < -0.3 is 19.5 Å². The maximum atomic E-state index is 12.2. The fourth-order valence-corrected chi connectivity index (χ4v) is 3.23. The van der Waals surface area contributed by atoms with Crippen LogP contribution in [0.2, 0.25) is 0 Å². The number of carbonyl (C=O) groups is 2. The summed E-state index contributed by atoms with van der Waals surface area (Å²) in [5.41, 5.74) is 2.59. The zero-order valence-corrected chi connectivity index (χ0v) is 18.8. The number of para-hydroxylation sites is 1. The Morgan fingerprint density at radius 3 is 2.38 bits per heavy atom. The van der Waals surface area contributed by atoms with Gasteiger partial charge in [0.25, 0.3) is 5.91 Å². The summed E-state index contributed by atoms with van der Waals surface area (Å²) in [6.45, 7) is 0.713. The number of carbonyl (C=O) groups excluding carboxylic acids is 2. The molecule has 9 nitrogen and oxygen atoms in total. The molecule has 3 aromatic carbocycles. The van der Waals surface area contributed by atoms with Crippen LogP contribution in [-0.4, -0.2) is 37.1 Å². The lowest BCUT2D eigenvalue weighted by Gasteiger charge is -2.12. The number of esters is 1. The molecule has 0 bridgehead atoms. The fourth-order valence-electron chi connectivity index (χ4n) is 3.23. The molecule has 3 rings (SSSR count). The van der Waals surface area contributed by atoms with E-state index in [1.165, 1.54) is 19.2 Å². The molecule has 0 saturated carbocycles.